The van der Waals surface area contributed by atoms with Gasteiger partial charge in [0, 0.05) is 10.9 Å². The summed E-state index contributed by atoms with van der Waals surface area (Å²) in [6, 6.07) is 14.4. The smallest absolute Gasteiger partial charge is 0.184 e. The molecule has 120 valence electrons. The monoisotopic (exact) mass is 360 g/mol. The molecule has 1 fully saturated rings. The summed E-state index contributed by atoms with van der Waals surface area (Å²) in [6.07, 6.45) is 0. The van der Waals surface area contributed by atoms with Gasteiger partial charge in [-0.2, -0.15) is 10.5 Å². The molecule has 2 aromatic rings. The highest BCUT2D eigenvalue weighted by molar-refractivity contribution is 7.92. The summed E-state index contributed by atoms with van der Waals surface area (Å²) in [5.74, 6) is -1.30. The lowest BCUT2D eigenvalue weighted by Crippen LogP contribution is -2.14. The predicted molar refractivity (Wildman–Crippen MR) is 85.2 cm³/mol. The molecule has 1 aliphatic rings. The van der Waals surface area contributed by atoms with E-state index >= 15 is 0 Å². The Labute approximate surface area is 143 Å². The van der Waals surface area contributed by atoms with Crippen LogP contribution in [0.25, 0.3) is 0 Å². The van der Waals surface area contributed by atoms with Crippen molar-refractivity contribution in [3.05, 3.63) is 64.9 Å². The fourth-order valence-corrected chi connectivity index (χ4v) is 5.28. The number of nitrogens with zero attached hydrogens (tertiary/aromatic N) is 2. The Bertz CT molecular complexity index is 959. The Balaban J connectivity index is 2.09. The van der Waals surface area contributed by atoms with Crippen LogP contribution in [0.15, 0.2) is 53.4 Å². The summed E-state index contributed by atoms with van der Waals surface area (Å²) in [5.41, 5.74) is -1.24. The van der Waals surface area contributed by atoms with E-state index in [1.165, 1.54) is 48.5 Å². The molecular formula is C17H10ClFN2O2S. The SMILES string of the molecule is N#CC1(C#N)[C@H](S(=O)(=O)c2ccc(Cl)cc2)[C@@H]1c1ccc(F)cc1. The van der Waals surface area contributed by atoms with Crippen molar-refractivity contribution < 1.29 is 12.8 Å². The summed E-state index contributed by atoms with van der Waals surface area (Å²) in [5, 5.41) is 18.0. The quantitative estimate of drug-likeness (QED) is 0.839. The molecular weight excluding hydrogens is 351 g/mol. The maximum atomic E-state index is 13.1. The molecule has 0 radical (unpaired) electrons. The van der Waals surface area contributed by atoms with Gasteiger partial charge in [0.1, 0.15) is 11.1 Å². The van der Waals surface area contributed by atoms with Crippen molar-refractivity contribution in [3.8, 4) is 12.1 Å². The van der Waals surface area contributed by atoms with E-state index in [1.54, 1.807) is 0 Å². The van der Waals surface area contributed by atoms with E-state index in [1.807, 2.05) is 12.1 Å². The second-order valence-electron chi connectivity index (χ2n) is 5.54. The average molecular weight is 361 g/mol. The highest BCUT2D eigenvalue weighted by Crippen LogP contribution is 2.63. The molecule has 3 rings (SSSR count). The van der Waals surface area contributed by atoms with Crippen molar-refractivity contribution >= 4 is 21.4 Å². The maximum Gasteiger partial charge on any atom is 0.184 e. The first kappa shape index (κ1) is 16.4. The lowest BCUT2D eigenvalue weighted by atomic mass is 10.0. The number of hydrogen-bond acceptors (Lipinski definition) is 4. The predicted octanol–water partition coefficient (Wildman–Crippen LogP) is 3.45. The van der Waals surface area contributed by atoms with Gasteiger partial charge in [-0.1, -0.05) is 23.7 Å². The summed E-state index contributed by atoms with van der Waals surface area (Å²) in [6.45, 7) is 0. The van der Waals surface area contributed by atoms with E-state index in [2.05, 4.69) is 0 Å². The zero-order chi connectivity index (χ0) is 17.5. The van der Waals surface area contributed by atoms with Crippen LogP contribution in [0.3, 0.4) is 0 Å². The summed E-state index contributed by atoms with van der Waals surface area (Å²) < 4.78 is 38.8. The van der Waals surface area contributed by atoms with E-state index in [-0.39, 0.29) is 4.90 Å². The molecule has 2 atom stereocenters. The standard InChI is InChI=1S/C17H10ClFN2O2S/c18-12-3-7-14(8-4-12)24(22,23)16-15(17(16,9-20)10-21)11-1-5-13(19)6-2-11/h1-8,15-16H/t15-,16+/m0/s1. The zero-order valence-corrected chi connectivity index (χ0v) is 13.7. The second kappa shape index (κ2) is 5.59. The topological polar surface area (TPSA) is 81.7 Å². The van der Waals surface area contributed by atoms with E-state index in [0.717, 1.165) is 0 Å². The third-order valence-corrected chi connectivity index (χ3v) is 6.70. The lowest BCUT2D eigenvalue weighted by molar-refractivity contribution is 0.591. The minimum atomic E-state index is -3.92. The molecule has 0 N–H and O–H groups in total. The van der Waals surface area contributed by atoms with Gasteiger partial charge in [0.05, 0.1) is 17.0 Å². The van der Waals surface area contributed by atoms with Crippen molar-refractivity contribution in [2.75, 3.05) is 0 Å². The van der Waals surface area contributed by atoms with Crippen LogP contribution in [-0.4, -0.2) is 13.7 Å². The molecule has 0 aromatic heterocycles. The molecule has 7 heteroatoms. The van der Waals surface area contributed by atoms with Crippen molar-refractivity contribution in [2.24, 2.45) is 5.41 Å². The van der Waals surface area contributed by atoms with Gasteiger partial charge in [-0.3, -0.25) is 0 Å². The number of hydrogen-bond donors (Lipinski definition) is 0. The van der Waals surface area contributed by atoms with Crippen LogP contribution in [0.4, 0.5) is 4.39 Å². The molecule has 0 spiro atoms. The molecule has 1 aliphatic carbocycles. The van der Waals surface area contributed by atoms with Crippen molar-refractivity contribution in [2.45, 2.75) is 16.1 Å². The molecule has 24 heavy (non-hydrogen) atoms. The van der Waals surface area contributed by atoms with Gasteiger partial charge >= 0.3 is 0 Å². The van der Waals surface area contributed by atoms with Crippen LogP contribution in [0.1, 0.15) is 11.5 Å². The number of halogens is 2. The molecule has 0 unspecified atom stereocenters. The summed E-state index contributed by atoms with van der Waals surface area (Å²) in [4.78, 5) is -0.00335. The fourth-order valence-electron chi connectivity index (χ4n) is 2.95. The summed E-state index contributed by atoms with van der Waals surface area (Å²) in [7, 11) is -3.92. The molecule has 4 nitrogen and oxygen atoms in total. The molecule has 1 saturated carbocycles. The van der Waals surface area contributed by atoms with E-state index in [4.69, 9.17) is 11.6 Å². The Morgan fingerprint density at radius 1 is 1.00 bits per heavy atom. The highest BCUT2D eigenvalue weighted by Gasteiger charge is 2.73. The summed E-state index contributed by atoms with van der Waals surface area (Å²) >= 11 is 5.77. The van der Waals surface area contributed by atoms with E-state index < -0.39 is 32.2 Å². The zero-order valence-electron chi connectivity index (χ0n) is 12.1. The van der Waals surface area contributed by atoms with Gasteiger partial charge in [0.25, 0.3) is 0 Å². The van der Waals surface area contributed by atoms with Gasteiger partial charge in [0.2, 0.25) is 0 Å². The number of rotatable bonds is 3. The third-order valence-electron chi connectivity index (χ3n) is 4.21. The Kier molecular flexibility index (Phi) is 3.83. The lowest BCUT2D eigenvalue weighted by Gasteiger charge is -2.04. The maximum absolute atomic E-state index is 13.1. The Morgan fingerprint density at radius 3 is 2.04 bits per heavy atom. The van der Waals surface area contributed by atoms with Crippen LogP contribution >= 0.6 is 11.6 Å². The van der Waals surface area contributed by atoms with Crippen molar-refractivity contribution in [1.29, 1.82) is 10.5 Å². The van der Waals surface area contributed by atoms with Crippen LogP contribution < -0.4 is 0 Å². The van der Waals surface area contributed by atoms with Gasteiger partial charge in [-0.15, -0.1) is 0 Å². The van der Waals surface area contributed by atoms with Crippen LogP contribution in [0, 0.1) is 33.9 Å². The highest BCUT2D eigenvalue weighted by atomic mass is 35.5. The molecule has 0 saturated heterocycles. The van der Waals surface area contributed by atoms with Gasteiger partial charge in [-0.25, -0.2) is 12.8 Å². The van der Waals surface area contributed by atoms with Crippen molar-refractivity contribution in [1.82, 2.24) is 0 Å². The molecule has 0 amide bonds. The first-order chi connectivity index (χ1) is 11.4. The van der Waals surface area contributed by atoms with Gasteiger partial charge in [-0.05, 0) is 42.0 Å². The molecule has 0 aliphatic heterocycles. The van der Waals surface area contributed by atoms with Gasteiger partial charge in [0.15, 0.2) is 15.3 Å². The molecule has 0 bridgehead atoms. The Hall–Kier alpha value is -2.41. The third kappa shape index (κ3) is 2.36. The van der Waals surface area contributed by atoms with E-state index in [9.17, 15) is 23.3 Å². The number of nitriles is 2. The number of sulfone groups is 1. The Morgan fingerprint density at radius 2 is 1.54 bits per heavy atom. The van der Waals surface area contributed by atoms with Crippen LogP contribution in [-0.2, 0) is 9.84 Å². The molecule has 0 heterocycles. The minimum absolute atomic E-state index is 0.00335. The fraction of sp³-hybridized carbons (Fsp3) is 0.176. The van der Waals surface area contributed by atoms with Gasteiger partial charge < -0.3 is 0 Å². The normalized spacial score (nSPS) is 21.5. The largest absolute Gasteiger partial charge is 0.223 e. The average Bonchev–Trinajstić information content (AvgIpc) is 3.26. The second-order valence-corrected chi connectivity index (χ2v) is 8.05. The van der Waals surface area contributed by atoms with Crippen molar-refractivity contribution in [3.63, 3.8) is 0 Å². The molecule has 2 aromatic carbocycles. The van der Waals surface area contributed by atoms with Crippen LogP contribution in [0.2, 0.25) is 5.02 Å². The minimum Gasteiger partial charge on any atom is -0.223 e. The number of benzene rings is 2. The van der Waals surface area contributed by atoms with Crippen LogP contribution in [0.5, 0.6) is 0 Å². The first-order valence-electron chi connectivity index (χ1n) is 6.94. The van der Waals surface area contributed by atoms with E-state index in [0.29, 0.717) is 10.6 Å². The first-order valence-corrected chi connectivity index (χ1v) is 8.86.